The van der Waals surface area contributed by atoms with Gasteiger partial charge in [0.05, 0.1) is 43.6 Å². The highest BCUT2D eigenvalue weighted by molar-refractivity contribution is 6.06. The van der Waals surface area contributed by atoms with E-state index in [4.69, 9.17) is 14.6 Å². The van der Waals surface area contributed by atoms with E-state index in [1.54, 1.807) is 7.11 Å². The third-order valence-corrected chi connectivity index (χ3v) is 6.48. The van der Waals surface area contributed by atoms with Crippen LogP contribution in [0.5, 0.6) is 5.75 Å². The fourth-order valence-corrected chi connectivity index (χ4v) is 4.52. The van der Waals surface area contributed by atoms with Crippen LogP contribution in [0.3, 0.4) is 0 Å². The first-order valence-electron chi connectivity index (χ1n) is 12.0. The zero-order valence-electron chi connectivity index (χ0n) is 20.8. The van der Waals surface area contributed by atoms with E-state index in [0.29, 0.717) is 0 Å². The number of fused-ring (bicyclic) bond motifs is 3. The van der Waals surface area contributed by atoms with E-state index in [2.05, 4.69) is 17.1 Å². The maximum Gasteiger partial charge on any atom is 0.416 e. The smallest absolute Gasteiger partial charge is 0.416 e. The number of nitrogens with zero attached hydrogens (tertiary/aromatic N) is 2. The molecule has 2 heterocycles. The minimum atomic E-state index is -4.61. The number of aliphatic carboxylic acids is 1. The molecule has 5 rings (SSSR count). The van der Waals surface area contributed by atoms with Crippen molar-refractivity contribution in [2.45, 2.75) is 57.4 Å². The van der Waals surface area contributed by atoms with Gasteiger partial charge in [-0.1, -0.05) is 18.2 Å². The summed E-state index contributed by atoms with van der Waals surface area (Å²) in [6.07, 6.45) is -6.58. The third kappa shape index (κ3) is 5.98. The van der Waals surface area contributed by atoms with Gasteiger partial charge in [-0.15, -0.1) is 0 Å². The second-order valence-corrected chi connectivity index (χ2v) is 9.23. The predicted molar refractivity (Wildman–Crippen MR) is 131 cm³/mol. The number of methoxy groups -OCH3 is 1. The van der Waals surface area contributed by atoms with Crippen molar-refractivity contribution >= 4 is 17.5 Å². The molecule has 0 bridgehead atoms. The van der Waals surface area contributed by atoms with Crippen molar-refractivity contribution in [3.63, 3.8) is 0 Å². The van der Waals surface area contributed by atoms with Crippen molar-refractivity contribution in [3.8, 4) is 5.75 Å². The van der Waals surface area contributed by atoms with Crippen LogP contribution in [-0.4, -0.2) is 43.1 Å². The van der Waals surface area contributed by atoms with Crippen LogP contribution < -0.4 is 9.64 Å². The molecule has 0 saturated heterocycles. The van der Waals surface area contributed by atoms with Crippen molar-refractivity contribution in [2.75, 3.05) is 18.6 Å². The molecule has 11 heteroatoms. The lowest BCUT2D eigenvalue weighted by molar-refractivity contribution is -0.139. The summed E-state index contributed by atoms with van der Waals surface area (Å²) in [5, 5.41) is 9.08. The zero-order valence-corrected chi connectivity index (χ0v) is 20.8. The lowest BCUT2D eigenvalue weighted by Gasteiger charge is -2.34. The number of anilines is 1. The van der Waals surface area contributed by atoms with Crippen LogP contribution in [0.4, 0.5) is 27.6 Å². The van der Waals surface area contributed by atoms with Crippen LogP contribution in [0.1, 0.15) is 48.8 Å². The number of carboxylic acid groups (broad SMARTS) is 1. The molecule has 1 unspecified atom stereocenters. The Morgan fingerprint density at radius 3 is 2.53 bits per heavy atom. The van der Waals surface area contributed by atoms with Gasteiger partial charge in [0, 0.05) is 5.56 Å². The van der Waals surface area contributed by atoms with E-state index in [0.717, 1.165) is 34.8 Å². The summed E-state index contributed by atoms with van der Waals surface area (Å²) in [5.74, 6) is 0.549. The predicted octanol–water partition coefficient (Wildman–Crippen LogP) is 6.41. The van der Waals surface area contributed by atoms with Crippen LogP contribution in [0.2, 0.25) is 0 Å². The normalized spacial score (nSPS) is 19.1. The molecule has 2 aromatic carbocycles. The quantitative estimate of drug-likeness (QED) is 0.446. The summed E-state index contributed by atoms with van der Waals surface area (Å²) in [6.45, 7) is 1.02. The van der Waals surface area contributed by atoms with Gasteiger partial charge in [-0.3, -0.25) is 14.7 Å². The molecule has 2 aromatic rings. The van der Waals surface area contributed by atoms with Gasteiger partial charge in [0.2, 0.25) is 0 Å². The molecule has 3 aliphatic rings. The first kappa shape index (κ1) is 27.6. The Balaban J connectivity index is 0.000000253. The van der Waals surface area contributed by atoms with E-state index < -0.39 is 42.4 Å². The number of allylic oxidation sites excluding steroid dienone is 1. The summed E-state index contributed by atoms with van der Waals surface area (Å²) < 4.78 is 77.2. The number of hydrogen-bond donors (Lipinski definition) is 1. The number of carboxylic acids is 1. The lowest BCUT2D eigenvalue weighted by Crippen LogP contribution is -2.44. The van der Waals surface area contributed by atoms with Gasteiger partial charge in [0.1, 0.15) is 17.7 Å². The number of benzene rings is 2. The maximum atomic E-state index is 13.7. The summed E-state index contributed by atoms with van der Waals surface area (Å²) in [4.78, 5) is 16.3. The molecule has 38 heavy (non-hydrogen) atoms. The van der Waals surface area contributed by atoms with E-state index >= 15 is 0 Å². The molecule has 1 N–H and O–H groups in total. The molecule has 1 saturated carbocycles. The summed E-state index contributed by atoms with van der Waals surface area (Å²) in [7, 11) is 1.74. The van der Waals surface area contributed by atoms with E-state index in [1.165, 1.54) is 25.3 Å². The first-order chi connectivity index (χ1) is 18.0. The average molecular weight is 539 g/mol. The van der Waals surface area contributed by atoms with Gasteiger partial charge in [0.15, 0.2) is 0 Å². The van der Waals surface area contributed by atoms with Crippen LogP contribution in [0, 0.1) is 0 Å². The number of aliphatic imine (C=N–C) groups is 1. The number of para-hydroxylation sites is 1. The second kappa shape index (κ2) is 11.1. The van der Waals surface area contributed by atoms with Crippen LogP contribution in [-0.2, 0) is 22.3 Å². The standard InChI is InChI=1S/C17H15F5N2O3.C10H12O/c1-8-6-23-16-12(5-13(25)26)27-7-9-4-10(17(20,21)22)2-3-11(9)24(16)14(8)15(18)19;1-11-10-5-3-2-4-9(10)8-6-7-8/h2-4,12,15H,5-7H2,1H3,(H,25,26);2-5,8H,6-7H2,1H3. The molecule has 204 valence electrons. The highest BCUT2D eigenvalue weighted by Gasteiger charge is 2.39. The summed E-state index contributed by atoms with van der Waals surface area (Å²) in [5.41, 5.74) is 0.367. The van der Waals surface area contributed by atoms with Crippen LogP contribution in [0.15, 0.2) is 58.7 Å². The van der Waals surface area contributed by atoms with Crippen molar-refractivity contribution in [1.82, 2.24) is 0 Å². The van der Waals surface area contributed by atoms with Crippen LogP contribution >= 0.6 is 0 Å². The minimum Gasteiger partial charge on any atom is -0.496 e. The zero-order chi connectivity index (χ0) is 27.6. The van der Waals surface area contributed by atoms with Gasteiger partial charge in [-0.25, -0.2) is 8.78 Å². The fraction of sp³-hybridized carbons (Fsp3) is 0.407. The Hall–Kier alpha value is -3.47. The maximum absolute atomic E-state index is 13.7. The molecule has 0 spiro atoms. The molecule has 1 aliphatic carbocycles. The van der Waals surface area contributed by atoms with E-state index in [1.807, 2.05) is 12.1 Å². The topological polar surface area (TPSA) is 71.4 Å². The van der Waals surface area contributed by atoms with Crippen LogP contribution in [0.25, 0.3) is 0 Å². The van der Waals surface area contributed by atoms with E-state index in [-0.39, 0.29) is 35.8 Å². The Morgan fingerprint density at radius 2 is 1.92 bits per heavy atom. The Morgan fingerprint density at radius 1 is 1.21 bits per heavy atom. The highest BCUT2D eigenvalue weighted by atomic mass is 19.4. The van der Waals surface area contributed by atoms with Gasteiger partial charge in [0.25, 0.3) is 6.43 Å². The lowest BCUT2D eigenvalue weighted by atomic mass is 10.0. The molecular weight excluding hydrogens is 511 g/mol. The van der Waals surface area contributed by atoms with Crippen molar-refractivity contribution in [3.05, 3.63) is 70.4 Å². The number of hydrogen-bond acceptors (Lipinski definition) is 5. The largest absolute Gasteiger partial charge is 0.496 e. The molecule has 2 aliphatic heterocycles. The molecule has 0 aromatic heterocycles. The molecule has 1 atom stereocenters. The Kier molecular flexibility index (Phi) is 8.05. The van der Waals surface area contributed by atoms with Crippen molar-refractivity contribution in [2.24, 2.45) is 4.99 Å². The number of alkyl halides is 5. The molecule has 6 nitrogen and oxygen atoms in total. The molecule has 1 fully saturated rings. The monoisotopic (exact) mass is 538 g/mol. The fourth-order valence-electron chi connectivity index (χ4n) is 4.52. The van der Waals surface area contributed by atoms with Crippen molar-refractivity contribution in [1.29, 1.82) is 0 Å². The Labute approximate surface area is 216 Å². The SMILES string of the molecule is CC1=C(C(F)F)N2C(=NC1)C(CC(=O)O)OCc1cc(C(F)(F)F)ccc12.COc1ccccc1C1CC1. The molecule has 0 amide bonds. The molecular formula is C27H27F5N2O4. The van der Waals surface area contributed by atoms with Gasteiger partial charge < -0.3 is 14.6 Å². The van der Waals surface area contributed by atoms with E-state index in [9.17, 15) is 26.7 Å². The average Bonchev–Trinajstić information content (AvgIpc) is 3.72. The Bertz CT molecular complexity index is 1250. The molecule has 0 radical (unpaired) electrons. The number of ether oxygens (including phenoxy) is 2. The van der Waals surface area contributed by atoms with Gasteiger partial charge >= 0.3 is 12.1 Å². The second-order valence-electron chi connectivity index (χ2n) is 9.23. The highest BCUT2D eigenvalue weighted by Crippen LogP contribution is 2.44. The van der Waals surface area contributed by atoms with Crippen molar-refractivity contribution < 1.29 is 41.3 Å². The van der Waals surface area contributed by atoms with Gasteiger partial charge in [-0.2, -0.15) is 13.2 Å². The number of halogens is 5. The summed E-state index contributed by atoms with van der Waals surface area (Å²) >= 11 is 0. The number of carbonyl (C=O) groups is 1. The number of rotatable bonds is 5. The minimum absolute atomic E-state index is 0.0262. The summed E-state index contributed by atoms with van der Waals surface area (Å²) in [6, 6.07) is 11.0. The first-order valence-corrected chi connectivity index (χ1v) is 12.0. The van der Waals surface area contributed by atoms with Gasteiger partial charge in [-0.05, 0) is 61.1 Å². The number of amidine groups is 1. The third-order valence-electron chi connectivity index (χ3n) is 6.48.